The molecule has 0 aliphatic heterocycles. The van der Waals surface area contributed by atoms with E-state index in [-0.39, 0.29) is 0 Å². The van der Waals surface area contributed by atoms with Crippen LogP contribution in [0.5, 0.6) is 0 Å². The molecule has 0 unspecified atom stereocenters. The first-order valence-electron chi connectivity index (χ1n) is 4.35. The fourth-order valence-corrected chi connectivity index (χ4v) is 0.995. The molecule has 1 rings (SSSR count). The number of nitrogens with zero attached hydrogens (tertiary/aromatic N) is 2. The molecule has 0 aliphatic carbocycles. The van der Waals surface area contributed by atoms with Gasteiger partial charge in [-0.15, -0.1) is 0 Å². The van der Waals surface area contributed by atoms with Crippen molar-refractivity contribution in [2.75, 3.05) is 19.0 Å². The molecule has 0 radical (unpaired) electrons. The van der Waals surface area contributed by atoms with Gasteiger partial charge < -0.3 is 15.4 Å². The van der Waals surface area contributed by atoms with Crippen molar-refractivity contribution in [3.8, 4) is 0 Å². The molecule has 0 atom stereocenters. The van der Waals surface area contributed by atoms with Crippen molar-refractivity contribution < 1.29 is 4.74 Å². The second-order valence-electron chi connectivity index (χ2n) is 2.59. The number of hydrogen-bond donors (Lipinski definition) is 2. The van der Waals surface area contributed by atoms with Gasteiger partial charge in [0, 0.05) is 13.7 Å². The van der Waals surface area contributed by atoms with E-state index >= 15 is 0 Å². The molecule has 1 aromatic heterocycles. The lowest BCUT2D eigenvalue weighted by atomic mass is 10.6. The van der Waals surface area contributed by atoms with Crippen LogP contribution in [0.15, 0.2) is 12.4 Å². The molecule has 0 amide bonds. The smallest absolute Gasteiger partial charge is 0.170 e. The molecule has 2 N–H and O–H groups in total. The van der Waals surface area contributed by atoms with E-state index < -0.39 is 0 Å². The van der Waals surface area contributed by atoms with Crippen LogP contribution in [0.25, 0.3) is 0 Å². The lowest BCUT2D eigenvalue weighted by molar-refractivity contribution is 0.0792. The van der Waals surface area contributed by atoms with Gasteiger partial charge in [-0.2, -0.15) is 5.10 Å². The zero-order valence-electron chi connectivity index (χ0n) is 8.28. The van der Waals surface area contributed by atoms with Gasteiger partial charge in [-0.1, -0.05) is 0 Å². The van der Waals surface area contributed by atoms with Gasteiger partial charge in [-0.05, 0) is 19.1 Å². The van der Waals surface area contributed by atoms with Crippen molar-refractivity contribution in [1.29, 1.82) is 0 Å². The molecule has 5 nitrogen and oxygen atoms in total. The first-order valence-corrected chi connectivity index (χ1v) is 4.76. The highest BCUT2D eigenvalue weighted by atomic mass is 32.1. The molecule has 6 heteroatoms. The van der Waals surface area contributed by atoms with E-state index in [2.05, 4.69) is 15.7 Å². The van der Waals surface area contributed by atoms with Crippen LogP contribution in [0.4, 0.5) is 5.69 Å². The lowest BCUT2D eigenvalue weighted by Crippen LogP contribution is -2.23. The Balaban J connectivity index is 2.46. The van der Waals surface area contributed by atoms with E-state index in [1.807, 2.05) is 13.1 Å². The van der Waals surface area contributed by atoms with Crippen molar-refractivity contribution in [3.63, 3.8) is 0 Å². The minimum atomic E-state index is 0.463. The van der Waals surface area contributed by atoms with E-state index in [0.29, 0.717) is 18.5 Å². The topological polar surface area (TPSA) is 51.1 Å². The van der Waals surface area contributed by atoms with Crippen molar-refractivity contribution in [2.45, 2.75) is 13.7 Å². The first kappa shape index (κ1) is 10.9. The van der Waals surface area contributed by atoms with Crippen molar-refractivity contribution >= 4 is 23.0 Å². The molecule has 1 heterocycles. The second-order valence-corrected chi connectivity index (χ2v) is 3.00. The van der Waals surface area contributed by atoms with Gasteiger partial charge in [0.15, 0.2) is 5.11 Å². The van der Waals surface area contributed by atoms with Crippen molar-refractivity contribution in [2.24, 2.45) is 0 Å². The summed E-state index contributed by atoms with van der Waals surface area (Å²) in [6, 6.07) is 0. The predicted molar refractivity (Wildman–Crippen MR) is 59.1 cm³/mol. The van der Waals surface area contributed by atoms with Gasteiger partial charge in [0.1, 0.15) is 6.73 Å². The zero-order valence-corrected chi connectivity index (χ0v) is 9.10. The maximum absolute atomic E-state index is 5.19. The highest BCUT2D eigenvalue weighted by Crippen LogP contribution is 2.04. The van der Waals surface area contributed by atoms with Gasteiger partial charge in [0.05, 0.1) is 18.1 Å². The quantitative estimate of drug-likeness (QED) is 0.726. The minimum Gasteiger partial charge on any atom is -0.366 e. The summed E-state index contributed by atoms with van der Waals surface area (Å²) < 4.78 is 6.89. The van der Waals surface area contributed by atoms with Gasteiger partial charge >= 0.3 is 0 Å². The highest BCUT2D eigenvalue weighted by molar-refractivity contribution is 7.80. The number of nitrogens with one attached hydrogen (secondary N) is 2. The Kier molecular flexibility index (Phi) is 4.34. The Labute approximate surface area is 88.4 Å². The van der Waals surface area contributed by atoms with Gasteiger partial charge in [-0.25, -0.2) is 4.68 Å². The second kappa shape index (κ2) is 5.56. The summed E-state index contributed by atoms with van der Waals surface area (Å²) in [7, 11) is 1.76. The number of thiocarbonyl (C=S) groups is 1. The molecule has 0 aromatic carbocycles. The van der Waals surface area contributed by atoms with Crippen LogP contribution < -0.4 is 10.6 Å². The Morgan fingerprint density at radius 1 is 1.71 bits per heavy atom. The summed E-state index contributed by atoms with van der Waals surface area (Å²) in [6.07, 6.45) is 3.53. The SMILES string of the molecule is CCOCn1cc(NC(=S)NC)cn1. The summed E-state index contributed by atoms with van der Waals surface area (Å²) in [5, 5.41) is 10.4. The Morgan fingerprint density at radius 3 is 3.14 bits per heavy atom. The number of rotatable bonds is 4. The van der Waals surface area contributed by atoms with E-state index in [9.17, 15) is 0 Å². The fraction of sp³-hybridized carbons (Fsp3) is 0.500. The van der Waals surface area contributed by atoms with E-state index in [0.717, 1.165) is 5.69 Å². The third-order valence-electron chi connectivity index (χ3n) is 1.55. The van der Waals surface area contributed by atoms with Crippen LogP contribution in [0, 0.1) is 0 Å². The van der Waals surface area contributed by atoms with Crippen LogP contribution in [-0.4, -0.2) is 28.5 Å². The van der Waals surface area contributed by atoms with Gasteiger partial charge in [0.2, 0.25) is 0 Å². The third kappa shape index (κ3) is 3.31. The summed E-state index contributed by atoms with van der Waals surface area (Å²) in [5.41, 5.74) is 0.851. The van der Waals surface area contributed by atoms with E-state index in [1.54, 1.807) is 17.9 Å². The molecule has 0 saturated heterocycles. The standard InChI is InChI=1S/C8H14N4OS/c1-3-13-6-12-5-7(4-10-12)11-8(14)9-2/h4-5H,3,6H2,1-2H3,(H2,9,11,14). The molecule has 14 heavy (non-hydrogen) atoms. The van der Waals surface area contributed by atoms with Crippen LogP contribution in [0.1, 0.15) is 6.92 Å². The number of hydrogen-bond acceptors (Lipinski definition) is 3. The van der Waals surface area contributed by atoms with E-state index in [1.165, 1.54) is 0 Å². The maximum atomic E-state index is 5.19. The lowest BCUT2D eigenvalue weighted by Gasteiger charge is -2.03. The Bertz CT molecular complexity index is 299. The van der Waals surface area contributed by atoms with E-state index in [4.69, 9.17) is 17.0 Å². The number of ether oxygens (including phenoxy) is 1. The van der Waals surface area contributed by atoms with Crippen molar-refractivity contribution in [3.05, 3.63) is 12.4 Å². The van der Waals surface area contributed by atoms with Crippen LogP contribution in [0.3, 0.4) is 0 Å². The minimum absolute atomic E-state index is 0.463. The summed E-state index contributed by atoms with van der Waals surface area (Å²) in [6.45, 7) is 3.08. The molecule has 0 bridgehead atoms. The van der Waals surface area contributed by atoms with Crippen LogP contribution >= 0.6 is 12.2 Å². The van der Waals surface area contributed by atoms with Gasteiger partial charge in [-0.3, -0.25) is 0 Å². The highest BCUT2D eigenvalue weighted by Gasteiger charge is 1.98. The zero-order chi connectivity index (χ0) is 10.4. The Morgan fingerprint density at radius 2 is 2.50 bits per heavy atom. The number of aromatic nitrogens is 2. The molecule has 78 valence electrons. The summed E-state index contributed by atoms with van der Waals surface area (Å²) in [4.78, 5) is 0. The monoisotopic (exact) mass is 214 g/mol. The first-order chi connectivity index (χ1) is 6.76. The maximum Gasteiger partial charge on any atom is 0.170 e. The molecular weight excluding hydrogens is 200 g/mol. The average molecular weight is 214 g/mol. The summed E-state index contributed by atoms with van der Waals surface area (Å²) in [5.74, 6) is 0. The van der Waals surface area contributed by atoms with Crippen LogP contribution in [0.2, 0.25) is 0 Å². The van der Waals surface area contributed by atoms with Crippen molar-refractivity contribution in [1.82, 2.24) is 15.1 Å². The molecule has 0 aliphatic rings. The normalized spacial score (nSPS) is 9.86. The van der Waals surface area contributed by atoms with Gasteiger partial charge in [0.25, 0.3) is 0 Å². The molecule has 1 aromatic rings. The largest absolute Gasteiger partial charge is 0.366 e. The predicted octanol–water partition coefficient (Wildman–Crippen LogP) is 0.793. The molecule has 0 fully saturated rings. The molecule has 0 saturated carbocycles. The molecule has 0 spiro atoms. The van der Waals surface area contributed by atoms with Crippen LogP contribution in [-0.2, 0) is 11.5 Å². The third-order valence-corrected chi connectivity index (χ3v) is 1.85. The number of anilines is 1. The Hall–Kier alpha value is -1.14. The summed E-state index contributed by atoms with van der Waals surface area (Å²) >= 11 is 4.94. The average Bonchev–Trinajstić information content (AvgIpc) is 2.62. The fourth-order valence-electron chi connectivity index (χ4n) is 0.877. The molecular formula is C8H14N4OS.